The number of piperazine rings is 1. The van der Waals surface area contributed by atoms with E-state index in [2.05, 4.69) is 0 Å². The van der Waals surface area contributed by atoms with Crippen molar-refractivity contribution in [3.05, 3.63) is 77.6 Å². The lowest BCUT2D eigenvalue weighted by molar-refractivity contribution is -0.138. The summed E-state index contributed by atoms with van der Waals surface area (Å²) in [7, 11) is 0. The standard InChI is InChI=1S/C31H35FN4O5/c32-27-8-3-6-24(17-27)31(40)36-20-26-5-1-2-9-28(26)41-16-4-7-25-19-35(30(39)21-36)11-10-23(25)18-29(38)34-14-12-33(22-37)13-15-34/h1-9,17,22-23,25H,10-16,18-21H2/b7-4-/t23-,25-/m0/s1. The maximum atomic E-state index is 13.9. The average molecular weight is 563 g/mol. The van der Waals surface area contributed by atoms with Crippen LogP contribution in [0.25, 0.3) is 0 Å². The van der Waals surface area contributed by atoms with E-state index < -0.39 is 11.7 Å². The first kappa shape index (κ1) is 28.3. The molecule has 9 nitrogen and oxygen atoms in total. The minimum absolute atomic E-state index is 0.0503. The number of carbonyl (C=O) groups excluding carboxylic acids is 4. The predicted molar refractivity (Wildman–Crippen MR) is 149 cm³/mol. The SMILES string of the molecule is O=CN1CCN(C(=O)C[C@@H]2CCN3C[C@@H]2/C=C\COc2ccccc2CN(C(=O)c2cccc(F)c2)CC3=O)CC1. The number of fused-ring (bicyclic) bond motifs is 3. The molecular formula is C31H35FN4O5. The zero-order valence-electron chi connectivity index (χ0n) is 23.0. The molecule has 0 radical (unpaired) electrons. The van der Waals surface area contributed by atoms with Gasteiger partial charge in [-0.2, -0.15) is 0 Å². The molecule has 5 rings (SSSR count). The molecule has 2 aromatic carbocycles. The van der Waals surface area contributed by atoms with Gasteiger partial charge in [-0.15, -0.1) is 0 Å². The number of piperidine rings is 1. The number of hydrogen-bond acceptors (Lipinski definition) is 5. The summed E-state index contributed by atoms with van der Waals surface area (Å²) < 4.78 is 20.0. The Morgan fingerprint density at radius 1 is 0.976 bits per heavy atom. The van der Waals surface area contributed by atoms with Gasteiger partial charge in [0.05, 0.1) is 6.54 Å². The van der Waals surface area contributed by atoms with Crippen LogP contribution in [-0.2, 0) is 20.9 Å². The molecule has 0 aromatic heterocycles. The first-order valence-corrected chi connectivity index (χ1v) is 14.1. The molecule has 2 aromatic rings. The van der Waals surface area contributed by atoms with Gasteiger partial charge in [0.15, 0.2) is 0 Å². The lowest BCUT2D eigenvalue weighted by atomic mass is 9.82. The maximum absolute atomic E-state index is 13.9. The van der Waals surface area contributed by atoms with Crippen molar-refractivity contribution >= 4 is 24.1 Å². The highest BCUT2D eigenvalue weighted by Crippen LogP contribution is 2.30. The van der Waals surface area contributed by atoms with Crippen LogP contribution in [0, 0.1) is 17.7 Å². The molecule has 4 amide bonds. The molecule has 0 N–H and O–H groups in total. The second-order valence-electron chi connectivity index (χ2n) is 10.8. The van der Waals surface area contributed by atoms with Gasteiger partial charge in [0.2, 0.25) is 18.2 Å². The van der Waals surface area contributed by atoms with Gasteiger partial charge in [-0.25, -0.2) is 4.39 Å². The van der Waals surface area contributed by atoms with Crippen molar-refractivity contribution in [3.63, 3.8) is 0 Å². The van der Waals surface area contributed by atoms with Gasteiger partial charge in [0.1, 0.15) is 24.7 Å². The lowest BCUT2D eigenvalue weighted by Crippen LogP contribution is -2.50. The summed E-state index contributed by atoms with van der Waals surface area (Å²) in [6.45, 7) is 3.31. The molecule has 3 aliphatic heterocycles. The van der Waals surface area contributed by atoms with E-state index in [1.54, 1.807) is 15.9 Å². The molecule has 10 heteroatoms. The fourth-order valence-electron chi connectivity index (χ4n) is 5.77. The van der Waals surface area contributed by atoms with Gasteiger partial charge >= 0.3 is 0 Å². The topological polar surface area (TPSA) is 90.5 Å². The van der Waals surface area contributed by atoms with Crippen molar-refractivity contribution in [3.8, 4) is 5.75 Å². The second-order valence-corrected chi connectivity index (χ2v) is 10.8. The van der Waals surface area contributed by atoms with Crippen LogP contribution < -0.4 is 4.74 Å². The summed E-state index contributed by atoms with van der Waals surface area (Å²) in [4.78, 5) is 57.9. The van der Waals surface area contributed by atoms with Crippen LogP contribution in [0.2, 0.25) is 0 Å². The third kappa shape index (κ3) is 6.93. The van der Waals surface area contributed by atoms with Gasteiger partial charge in [-0.05, 0) is 42.5 Å². The van der Waals surface area contributed by atoms with Crippen molar-refractivity contribution in [1.29, 1.82) is 0 Å². The Labute approximate surface area is 239 Å². The fourth-order valence-corrected chi connectivity index (χ4v) is 5.77. The normalized spacial score (nSPS) is 22.4. The molecule has 2 bridgehead atoms. The average Bonchev–Trinajstić information content (AvgIpc) is 3.00. The van der Waals surface area contributed by atoms with E-state index in [9.17, 15) is 23.6 Å². The van der Waals surface area contributed by atoms with Crippen LogP contribution in [0.1, 0.15) is 28.8 Å². The number of ether oxygens (including phenoxy) is 1. The van der Waals surface area contributed by atoms with Crippen molar-refractivity contribution in [2.45, 2.75) is 19.4 Å². The summed E-state index contributed by atoms with van der Waals surface area (Å²) in [5.41, 5.74) is 0.917. The molecule has 0 unspecified atom stereocenters. The minimum Gasteiger partial charge on any atom is -0.489 e. The number of benzene rings is 2. The van der Waals surface area contributed by atoms with Crippen LogP contribution in [0.15, 0.2) is 60.7 Å². The predicted octanol–water partition coefficient (Wildman–Crippen LogP) is 2.57. The molecule has 216 valence electrons. The van der Waals surface area contributed by atoms with Crippen LogP contribution in [0.4, 0.5) is 4.39 Å². The largest absolute Gasteiger partial charge is 0.489 e. The number of carbonyl (C=O) groups is 4. The molecule has 0 spiro atoms. The van der Waals surface area contributed by atoms with E-state index in [4.69, 9.17) is 4.74 Å². The van der Waals surface area contributed by atoms with Crippen LogP contribution in [-0.4, -0.2) is 96.2 Å². The molecule has 2 fully saturated rings. The van der Waals surface area contributed by atoms with Gasteiger partial charge in [-0.3, -0.25) is 19.2 Å². The van der Waals surface area contributed by atoms with E-state index in [1.165, 1.54) is 23.1 Å². The van der Waals surface area contributed by atoms with Crippen molar-refractivity contribution in [2.24, 2.45) is 11.8 Å². The molecule has 0 aliphatic carbocycles. The number of hydrogen-bond donors (Lipinski definition) is 0. The van der Waals surface area contributed by atoms with Crippen molar-refractivity contribution < 1.29 is 28.3 Å². The van der Waals surface area contributed by atoms with E-state index in [-0.39, 0.29) is 42.3 Å². The smallest absolute Gasteiger partial charge is 0.254 e. The molecule has 0 saturated carbocycles. The Bertz CT molecular complexity index is 1310. The van der Waals surface area contributed by atoms with Crippen LogP contribution in [0.5, 0.6) is 5.75 Å². The van der Waals surface area contributed by atoms with E-state index in [0.717, 1.165) is 12.0 Å². The van der Waals surface area contributed by atoms with Gasteiger partial charge in [0.25, 0.3) is 5.91 Å². The highest BCUT2D eigenvalue weighted by atomic mass is 19.1. The second kappa shape index (κ2) is 13.0. The Hall–Kier alpha value is -4.21. The molecule has 3 aliphatic rings. The molecule has 2 atom stereocenters. The third-order valence-corrected chi connectivity index (χ3v) is 8.15. The first-order chi connectivity index (χ1) is 19.9. The summed E-state index contributed by atoms with van der Waals surface area (Å²) in [5.74, 6) is -0.492. The van der Waals surface area contributed by atoms with E-state index in [0.29, 0.717) is 64.5 Å². The van der Waals surface area contributed by atoms with Crippen molar-refractivity contribution in [1.82, 2.24) is 19.6 Å². The van der Waals surface area contributed by atoms with E-state index in [1.807, 2.05) is 41.3 Å². The zero-order chi connectivity index (χ0) is 28.8. The molecular weight excluding hydrogens is 527 g/mol. The summed E-state index contributed by atoms with van der Waals surface area (Å²) in [6, 6.07) is 12.8. The van der Waals surface area contributed by atoms with Crippen LogP contribution in [0.3, 0.4) is 0 Å². The summed E-state index contributed by atoms with van der Waals surface area (Å²) in [6.07, 6.45) is 5.81. The molecule has 2 saturated heterocycles. The van der Waals surface area contributed by atoms with E-state index >= 15 is 0 Å². The summed E-state index contributed by atoms with van der Waals surface area (Å²) in [5, 5.41) is 0. The Morgan fingerprint density at radius 2 is 1.78 bits per heavy atom. The van der Waals surface area contributed by atoms with Gasteiger partial charge < -0.3 is 24.3 Å². The van der Waals surface area contributed by atoms with Gasteiger partial charge in [0, 0.05) is 56.8 Å². The maximum Gasteiger partial charge on any atom is 0.254 e. The Kier molecular flexibility index (Phi) is 8.96. The summed E-state index contributed by atoms with van der Waals surface area (Å²) >= 11 is 0. The Balaban J connectivity index is 1.35. The number of nitrogens with zero attached hydrogens (tertiary/aromatic N) is 4. The highest BCUT2D eigenvalue weighted by molar-refractivity contribution is 5.96. The van der Waals surface area contributed by atoms with Gasteiger partial charge in [-0.1, -0.05) is 36.4 Å². The van der Waals surface area contributed by atoms with Crippen molar-refractivity contribution in [2.75, 3.05) is 52.4 Å². The number of rotatable bonds is 4. The number of para-hydroxylation sites is 1. The zero-order valence-corrected chi connectivity index (χ0v) is 23.0. The highest BCUT2D eigenvalue weighted by Gasteiger charge is 2.34. The first-order valence-electron chi connectivity index (χ1n) is 14.1. The number of amides is 4. The third-order valence-electron chi connectivity index (χ3n) is 8.15. The lowest BCUT2D eigenvalue weighted by Gasteiger charge is -2.39. The Morgan fingerprint density at radius 3 is 2.56 bits per heavy atom. The monoisotopic (exact) mass is 562 g/mol. The van der Waals surface area contributed by atoms with Crippen LogP contribution >= 0.6 is 0 Å². The molecule has 41 heavy (non-hydrogen) atoms. The fraction of sp³-hybridized carbons (Fsp3) is 0.419. The molecule has 3 heterocycles. The number of halogens is 1. The minimum atomic E-state index is -0.520. The quantitative estimate of drug-likeness (QED) is 0.422.